The van der Waals surface area contributed by atoms with E-state index in [9.17, 15) is 5.11 Å². The van der Waals surface area contributed by atoms with Crippen LogP contribution in [0.15, 0.2) is 30.3 Å². The maximum absolute atomic E-state index is 9.87. The van der Waals surface area contributed by atoms with Gasteiger partial charge in [0.05, 0.1) is 53.9 Å². The Kier molecular flexibility index (Phi) is 5.43. The van der Waals surface area contributed by atoms with Gasteiger partial charge >= 0.3 is 0 Å². The summed E-state index contributed by atoms with van der Waals surface area (Å²) in [4.78, 5) is 0. The third-order valence-electron chi connectivity index (χ3n) is 5.81. The van der Waals surface area contributed by atoms with Crippen LogP contribution in [0.25, 0.3) is 0 Å². The molecule has 0 unspecified atom stereocenters. The lowest BCUT2D eigenvalue weighted by Gasteiger charge is -2.20. The third-order valence-corrected chi connectivity index (χ3v) is 5.81. The molecule has 0 amide bonds. The van der Waals surface area contributed by atoms with Crippen LogP contribution in [-0.4, -0.2) is 46.8 Å². The number of aromatic hydroxyl groups is 1. The van der Waals surface area contributed by atoms with Crippen molar-refractivity contribution in [3.8, 4) is 28.7 Å². The minimum absolute atomic E-state index is 0.110. The number of benzene rings is 2. The molecule has 2 saturated heterocycles. The zero-order valence-corrected chi connectivity index (χ0v) is 17.0. The molecule has 0 bridgehead atoms. The number of fused-ring (bicyclic) bond motifs is 1. The van der Waals surface area contributed by atoms with Crippen molar-refractivity contribution in [2.75, 3.05) is 41.7 Å². The molecular weight excluding hydrogens is 376 g/mol. The fraction of sp³-hybridized carbons (Fsp3) is 0.455. The van der Waals surface area contributed by atoms with Gasteiger partial charge in [0.15, 0.2) is 23.0 Å². The normalized spacial score (nSPS) is 25.5. The van der Waals surface area contributed by atoms with Gasteiger partial charge in [0, 0.05) is 11.8 Å². The molecule has 2 aromatic rings. The van der Waals surface area contributed by atoms with Crippen LogP contribution < -0.4 is 18.9 Å². The number of phenols is 1. The van der Waals surface area contributed by atoms with Gasteiger partial charge in [0.25, 0.3) is 0 Å². The summed E-state index contributed by atoms with van der Waals surface area (Å²) in [5, 5.41) is 9.87. The second-order valence-corrected chi connectivity index (χ2v) is 7.23. The molecule has 0 aromatic heterocycles. The van der Waals surface area contributed by atoms with E-state index in [1.54, 1.807) is 27.4 Å². The Bertz CT molecular complexity index is 856. The standard InChI is InChI=1S/C22H26O7/c1-24-17-7-12(5-6-16(17)23)20-14-10-29-21(15(14)11-28-20)13-8-18(25-2)22(27-4)19(9-13)26-3/h5-9,14-15,20-21,23H,10-11H2,1-4H3/t14-,15-,20+,21+/m1/s1. The molecule has 2 heterocycles. The molecule has 7 heteroatoms. The highest BCUT2D eigenvalue weighted by Crippen LogP contribution is 2.52. The van der Waals surface area contributed by atoms with E-state index in [4.69, 9.17) is 28.4 Å². The van der Waals surface area contributed by atoms with Crippen molar-refractivity contribution in [2.24, 2.45) is 11.8 Å². The second kappa shape index (κ2) is 8.00. The molecular formula is C22H26O7. The van der Waals surface area contributed by atoms with Crippen LogP contribution in [0.5, 0.6) is 28.7 Å². The number of hydrogen-bond donors (Lipinski definition) is 1. The summed E-state index contributed by atoms with van der Waals surface area (Å²) >= 11 is 0. The summed E-state index contributed by atoms with van der Waals surface area (Å²) in [5.41, 5.74) is 1.95. The van der Waals surface area contributed by atoms with Gasteiger partial charge in [0.1, 0.15) is 0 Å². The van der Waals surface area contributed by atoms with E-state index in [1.165, 1.54) is 7.11 Å². The first-order valence-electron chi connectivity index (χ1n) is 9.51. The van der Waals surface area contributed by atoms with Crippen LogP contribution in [0.3, 0.4) is 0 Å². The van der Waals surface area contributed by atoms with Crippen molar-refractivity contribution >= 4 is 0 Å². The van der Waals surface area contributed by atoms with Crippen LogP contribution in [-0.2, 0) is 9.47 Å². The Balaban J connectivity index is 1.61. The van der Waals surface area contributed by atoms with E-state index in [-0.39, 0.29) is 29.8 Å². The van der Waals surface area contributed by atoms with Crippen LogP contribution in [0.4, 0.5) is 0 Å². The van der Waals surface area contributed by atoms with Crippen molar-refractivity contribution in [3.05, 3.63) is 41.5 Å². The van der Waals surface area contributed by atoms with Gasteiger partial charge in [0.2, 0.25) is 5.75 Å². The van der Waals surface area contributed by atoms with E-state index in [0.717, 1.165) is 11.1 Å². The average molecular weight is 402 g/mol. The molecule has 29 heavy (non-hydrogen) atoms. The first-order valence-corrected chi connectivity index (χ1v) is 9.51. The molecule has 0 radical (unpaired) electrons. The van der Waals surface area contributed by atoms with E-state index >= 15 is 0 Å². The summed E-state index contributed by atoms with van der Waals surface area (Å²) in [5.74, 6) is 2.72. The van der Waals surface area contributed by atoms with Crippen molar-refractivity contribution in [3.63, 3.8) is 0 Å². The average Bonchev–Trinajstić information content (AvgIpc) is 3.35. The van der Waals surface area contributed by atoms with Crippen molar-refractivity contribution in [1.29, 1.82) is 0 Å². The third kappa shape index (κ3) is 3.34. The molecule has 2 fully saturated rings. The lowest BCUT2D eigenvalue weighted by atomic mass is 9.84. The molecule has 0 saturated carbocycles. The second-order valence-electron chi connectivity index (χ2n) is 7.23. The lowest BCUT2D eigenvalue weighted by molar-refractivity contribution is 0.0191. The minimum atomic E-state index is -0.127. The fourth-order valence-electron chi connectivity index (χ4n) is 4.37. The molecule has 2 aromatic carbocycles. The van der Waals surface area contributed by atoms with Gasteiger partial charge in [-0.2, -0.15) is 0 Å². The molecule has 7 nitrogen and oxygen atoms in total. The number of rotatable bonds is 6. The zero-order valence-electron chi connectivity index (χ0n) is 17.0. The first-order chi connectivity index (χ1) is 14.1. The van der Waals surface area contributed by atoms with Gasteiger partial charge < -0.3 is 33.5 Å². The predicted molar refractivity (Wildman–Crippen MR) is 105 cm³/mol. The largest absolute Gasteiger partial charge is 0.504 e. The first kappa shape index (κ1) is 19.7. The maximum Gasteiger partial charge on any atom is 0.203 e. The van der Waals surface area contributed by atoms with Crippen LogP contribution in [0.2, 0.25) is 0 Å². The summed E-state index contributed by atoms with van der Waals surface area (Å²) in [6, 6.07) is 9.21. The van der Waals surface area contributed by atoms with Crippen molar-refractivity contribution < 1.29 is 33.5 Å². The Morgan fingerprint density at radius 1 is 0.724 bits per heavy atom. The maximum atomic E-state index is 9.87. The number of hydrogen-bond acceptors (Lipinski definition) is 7. The zero-order chi connectivity index (χ0) is 20.5. The number of ether oxygens (including phenoxy) is 6. The van der Waals surface area contributed by atoms with E-state index in [2.05, 4.69) is 0 Å². The number of methoxy groups -OCH3 is 4. The Morgan fingerprint density at radius 2 is 1.24 bits per heavy atom. The van der Waals surface area contributed by atoms with E-state index in [0.29, 0.717) is 36.2 Å². The number of phenolic OH excluding ortho intramolecular Hbond substituents is 1. The van der Waals surface area contributed by atoms with E-state index in [1.807, 2.05) is 24.3 Å². The fourth-order valence-corrected chi connectivity index (χ4v) is 4.37. The van der Waals surface area contributed by atoms with E-state index < -0.39 is 0 Å². The van der Waals surface area contributed by atoms with Crippen LogP contribution in [0.1, 0.15) is 23.3 Å². The smallest absolute Gasteiger partial charge is 0.203 e. The van der Waals surface area contributed by atoms with Crippen LogP contribution >= 0.6 is 0 Å². The monoisotopic (exact) mass is 402 g/mol. The summed E-state index contributed by atoms with van der Waals surface area (Å²) in [6.07, 6.45) is -0.237. The van der Waals surface area contributed by atoms with Crippen molar-refractivity contribution in [1.82, 2.24) is 0 Å². The molecule has 4 rings (SSSR count). The minimum Gasteiger partial charge on any atom is -0.504 e. The summed E-state index contributed by atoms with van der Waals surface area (Å²) < 4.78 is 34.0. The topological polar surface area (TPSA) is 75.6 Å². The molecule has 156 valence electrons. The highest BCUT2D eigenvalue weighted by molar-refractivity contribution is 5.54. The predicted octanol–water partition coefficient (Wildman–Crippen LogP) is 3.50. The molecule has 4 atom stereocenters. The highest BCUT2D eigenvalue weighted by Gasteiger charge is 2.48. The summed E-state index contributed by atoms with van der Waals surface area (Å²) in [7, 11) is 6.33. The SMILES string of the molecule is COc1cc([C@@H]2OC[C@@H]3[C@H]2CO[C@H]3c2cc(OC)c(OC)c(OC)c2)ccc1O. The molecule has 1 N–H and O–H groups in total. The van der Waals surface area contributed by atoms with Crippen LogP contribution in [0, 0.1) is 11.8 Å². The lowest BCUT2D eigenvalue weighted by Crippen LogP contribution is -2.15. The van der Waals surface area contributed by atoms with Gasteiger partial charge in [-0.15, -0.1) is 0 Å². The van der Waals surface area contributed by atoms with Gasteiger partial charge in [-0.25, -0.2) is 0 Å². The molecule has 2 aliphatic heterocycles. The molecule has 0 spiro atoms. The Morgan fingerprint density at radius 3 is 1.76 bits per heavy atom. The molecule has 0 aliphatic carbocycles. The van der Waals surface area contributed by atoms with Gasteiger partial charge in [-0.05, 0) is 35.4 Å². The summed E-state index contributed by atoms with van der Waals surface area (Å²) in [6.45, 7) is 1.17. The molecule has 2 aliphatic rings. The van der Waals surface area contributed by atoms with Gasteiger partial charge in [-0.1, -0.05) is 6.07 Å². The Hall–Kier alpha value is -2.64. The quantitative estimate of drug-likeness (QED) is 0.792. The highest BCUT2D eigenvalue weighted by atomic mass is 16.5. The Labute approximate surface area is 170 Å². The van der Waals surface area contributed by atoms with Gasteiger partial charge in [-0.3, -0.25) is 0 Å². The van der Waals surface area contributed by atoms with Crippen molar-refractivity contribution in [2.45, 2.75) is 12.2 Å².